The van der Waals surface area contributed by atoms with E-state index in [2.05, 4.69) is 31.4 Å². The van der Waals surface area contributed by atoms with Gasteiger partial charge in [-0.05, 0) is 52.1 Å². The Balaban J connectivity index is 2.28. The second kappa shape index (κ2) is 5.50. The van der Waals surface area contributed by atoms with Crippen LogP contribution in [0.5, 0.6) is 0 Å². The van der Waals surface area contributed by atoms with Crippen molar-refractivity contribution < 1.29 is 4.79 Å². The van der Waals surface area contributed by atoms with Crippen molar-refractivity contribution in [3.8, 4) is 0 Å². The molecular formula is C12H24N2O. The molecule has 3 heteroatoms. The van der Waals surface area contributed by atoms with E-state index in [1.165, 1.54) is 0 Å². The van der Waals surface area contributed by atoms with Crippen LogP contribution < -0.4 is 10.6 Å². The van der Waals surface area contributed by atoms with E-state index in [9.17, 15) is 4.79 Å². The van der Waals surface area contributed by atoms with Crippen LogP contribution in [0.25, 0.3) is 0 Å². The summed E-state index contributed by atoms with van der Waals surface area (Å²) in [4.78, 5) is 11.8. The first-order valence-electron chi connectivity index (χ1n) is 6.05. The van der Waals surface area contributed by atoms with Crippen molar-refractivity contribution in [2.45, 2.75) is 52.0 Å². The lowest BCUT2D eigenvalue weighted by molar-refractivity contribution is -0.123. The van der Waals surface area contributed by atoms with Gasteiger partial charge in [0.2, 0.25) is 5.91 Å². The van der Waals surface area contributed by atoms with Gasteiger partial charge in [0, 0.05) is 12.0 Å². The highest BCUT2D eigenvalue weighted by Crippen LogP contribution is 2.16. The molecule has 88 valence electrons. The fraction of sp³-hybridized carbons (Fsp3) is 0.917. The van der Waals surface area contributed by atoms with E-state index in [0.29, 0.717) is 12.3 Å². The molecule has 1 rings (SSSR count). The molecule has 3 nitrogen and oxygen atoms in total. The van der Waals surface area contributed by atoms with Crippen molar-refractivity contribution in [2.75, 3.05) is 13.1 Å². The minimum atomic E-state index is -0.0516. The van der Waals surface area contributed by atoms with Gasteiger partial charge in [0.15, 0.2) is 0 Å². The van der Waals surface area contributed by atoms with E-state index < -0.39 is 0 Å². The molecule has 1 saturated heterocycles. The minimum Gasteiger partial charge on any atom is -0.351 e. The van der Waals surface area contributed by atoms with E-state index in [0.717, 1.165) is 32.4 Å². The minimum absolute atomic E-state index is 0.0516. The van der Waals surface area contributed by atoms with Crippen LogP contribution in [0.3, 0.4) is 0 Å². The second-order valence-corrected chi connectivity index (χ2v) is 5.18. The normalized spacial score (nSPS) is 18.9. The molecule has 0 spiro atoms. The van der Waals surface area contributed by atoms with Gasteiger partial charge in [-0.25, -0.2) is 0 Å². The van der Waals surface area contributed by atoms with Crippen molar-refractivity contribution in [3.05, 3.63) is 0 Å². The zero-order valence-electron chi connectivity index (χ0n) is 10.2. The number of piperidine rings is 1. The summed E-state index contributed by atoms with van der Waals surface area (Å²) in [6.07, 6.45) is 3.95. The molecule has 1 heterocycles. The number of amides is 1. The van der Waals surface area contributed by atoms with Crippen molar-refractivity contribution in [1.82, 2.24) is 10.6 Å². The number of hydrogen-bond donors (Lipinski definition) is 2. The average Bonchev–Trinajstić information content (AvgIpc) is 2.18. The summed E-state index contributed by atoms with van der Waals surface area (Å²) in [5.74, 6) is 0.799. The third-order valence-electron chi connectivity index (χ3n) is 3.29. The average molecular weight is 212 g/mol. The predicted octanol–water partition coefficient (Wildman–Crippen LogP) is 1.68. The summed E-state index contributed by atoms with van der Waals surface area (Å²) in [6, 6.07) is 0. The fourth-order valence-corrected chi connectivity index (χ4v) is 1.86. The van der Waals surface area contributed by atoms with Crippen molar-refractivity contribution in [3.63, 3.8) is 0 Å². The molecule has 0 aromatic heterocycles. The molecule has 15 heavy (non-hydrogen) atoms. The van der Waals surface area contributed by atoms with Crippen LogP contribution in [0, 0.1) is 5.92 Å². The van der Waals surface area contributed by atoms with Crippen LogP contribution in [-0.4, -0.2) is 24.5 Å². The Hall–Kier alpha value is -0.570. The third-order valence-corrected chi connectivity index (χ3v) is 3.29. The van der Waals surface area contributed by atoms with Crippen LogP contribution >= 0.6 is 0 Å². The van der Waals surface area contributed by atoms with Gasteiger partial charge in [0.1, 0.15) is 0 Å². The summed E-state index contributed by atoms with van der Waals surface area (Å²) >= 11 is 0. The first-order chi connectivity index (χ1) is 7.03. The Kier molecular flexibility index (Phi) is 4.58. The molecule has 0 unspecified atom stereocenters. The van der Waals surface area contributed by atoms with Crippen LogP contribution in [0.4, 0.5) is 0 Å². The highest BCUT2D eigenvalue weighted by molar-refractivity contribution is 5.76. The molecule has 0 saturated carbocycles. The summed E-state index contributed by atoms with van der Waals surface area (Å²) in [7, 11) is 0. The molecule has 0 aliphatic carbocycles. The summed E-state index contributed by atoms with van der Waals surface area (Å²) in [5, 5.41) is 6.41. The maximum Gasteiger partial charge on any atom is 0.220 e. The molecule has 1 fully saturated rings. The van der Waals surface area contributed by atoms with Crippen LogP contribution in [0.2, 0.25) is 0 Å². The molecule has 2 N–H and O–H groups in total. The smallest absolute Gasteiger partial charge is 0.220 e. The van der Waals surface area contributed by atoms with Gasteiger partial charge < -0.3 is 10.6 Å². The second-order valence-electron chi connectivity index (χ2n) is 5.18. The topological polar surface area (TPSA) is 41.1 Å². The maximum absolute atomic E-state index is 11.8. The summed E-state index contributed by atoms with van der Waals surface area (Å²) in [5.41, 5.74) is -0.0516. The van der Waals surface area contributed by atoms with E-state index in [-0.39, 0.29) is 11.4 Å². The zero-order chi connectivity index (χ0) is 11.3. The largest absolute Gasteiger partial charge is 0.351 e. The first kappa shape index (κ1) is 12.5. The van der Waals surface area contributed by atoms with Gasteiger partial charge in [0.05, 0.1) is 0 Å². The zero-order valence-corrected chi connectivity index (χ0v) is 10.2. The Morgan fingerprint density at radius 2 is 2.00 bits per heavy atom. The summed E-state index contributed by atoms with van der Waals surface area (Å²) in [6.45, 7) is 8.38. The molecule has 1 aliphatic rings. The standard InChI is InChI=1S/C12H24N2O/c1-4-12(2,3)14-11(15)9-10-5-7-13-8-6-10/h10,13H,4-9H2,1-3H3,(H,14,15). The van der Waals surface area contributed by atoms with E-state index >= 15 is 0 Å². The van der Waals surface area contributed by atoms with Gasteiger partial charge in [-0.15, -0.1) is 0 Å². The van der Waals surface area contributed by atoms with Gasteiger partial charge in [-0.3, -0.25) is 4.79 Å². The predicted molar refractivity (Wildman–Crippen MR) is 62.7 cm³/mol. The Morgan fingerprint density at radius 3 is 2.53 bits per heavy atom. The molecule has 1 amide bonds. The van der Waals surface area contributed by atoms with E-state index in [1.54, 1.807) is 0 Å². The lowest BCUT2D eigenvalue weighted by Gasteiger charge is -2.27. The maximum atomic E-state index is 11.8. The molecule has 0 aromatic carbocycles. The SMILES string of the molecule is CCC(C)(C)NC(=O)CC1CCNCC1. The number of hydrogen-bond acceptors (Lipinski definition) is 2. The van der Waals surface area contributed by atoms with Gasteiger partial charge in [-0.2, -0.15) is 0 Å². The van der Waals surface area contributed by atoms with E-state index in [1.807, 2.05) is 0 Å². The van der Waals surface area contributed by atoms with Crippen molar-refractivity contribution in [1.29, 1.82) is 0 Å². The highest BCUT2D eigenvalue weighted by Gasteiger charge is 2.21. The van der Waals surface area contributed by atoms with Gasteiger partial charge in [0.25, 0.3) is 0 Å². The van der Waals surface area contributed by atoms with Crippen molar-refractivity contribution in [2.24, 2.45) is 5.92 Å². The first-order valence-corrected chi connectivity index (χ1v) is 6.05. The quantitative estimate of drug-likeness (QED) is 0.744. The molecule has 0 aromatic rings. The lowest BCUT2D eigenvalue weighted by Crippen LogP contribution is -2.44. The highest BCUT2D eigenvalue weighted by atomic mass is 16.1. The Labute approximate surface area is 93.0 Å². The van der Waals surface area contributed by atoms with Crippen LogP contribution in [-0.2, 0) is 4.79 Å². The van der Waals surface area contributed by atoms with E-state index in [4.69, 9.17) is 0 Å². The lowest BCUT2D eigenvalue weighted by atomic mass is 9.93. The Morgan fingerprint density at radius 1 is 1.40 bits per heavy atom. The molecule has 0 radical (unpaired) electrons. The van der Waals surface area contributed by atoms with Gasteiger partial charge in [-0.1, -0.05) is 6.92 Å². The van der Waals surface area contributed by atoms with Crippen LogP contribution in [0.1, 0.15) is 46.5 Å². The molecule has 0 bridgehead atoms. The van der Waals surface area contributed by atoms with Crippen molar-refractivity contribution >= 4 is 5.91 Å². The number of carbonyl (C=O) groups excluding carboxylic acids is 1. The molecule has 0 atom stereocenters. The molecular weight excluding hydrogens is 188 g/mol. The number of carbonyl (C=O) groups is 1. The third kappa shape index (κ3) is 4.65. The van der Waals surface area contributed by atoms with Crippen LogP contribution in [0.15, 0.2) is 0 Å². The summed E-state index contributed by atoms with van der Waals surface area (Å²) < 4.78 is 0. The number of nitrogens with one attached hydrogen (secondary N) is 2. The molecule has 1 aliphatic heterocycles. The fourth-order valence-electron chi connectivity index (χ4n) is 1.86. The monoisotopic (exact) mass is 212 g/mol. The Bertz CT molecular complexity index is 208. The number of rotatable bonds is 4. The van der Waals surface area contributed by atoms with Gasteiger partial charge >= 0.3 is 0 Å².